The van der Waals surface area contributed by atoms with Crippen molar-refractivity contribution in [2.24, 2.45) is 0 Å². The number of nitrogens with zero attached hydrogens (tertiary/aromatic N) is 2. The molecule has 0 aliphatic rings. The van der Waals surface area contributed by atoms with E-state index in [0.29, 0.717) is 6.20 Å². The minimum atomic E-state index is -3.26. The van der Waals surface area contributed by atoms with Crippen LogP contribution in [0.25, 0.3) is 0 Å². The summed E-state index contributed by atoms with van der Waals surface area (Å²) in [7, 11) is 0. The molecule has 0 radical (unpaired) electrons. The van der Waals surface area contributed by atoms with Gasteiger partial charge in [0, 0.05) is 0 Å². The first kappa shape index (κ1) is 11.0. The number of pyridine rings is 1. The highest BCUT2D eigenvalue weighted by molar-refractivity contribution is 5.78. The van der Waals surface area contributed by atoms with E-state index < -0.39 is 34.0 Å². The first-order chi connectivity index (χ1) is 6.99. The van der Waals surface area contributed by atoms with Crippen LogP contribution in [0.1, 0.15) is 22.5 Å². The molecule has 1 aromatic rings. The van der Waals surface area contributed by atoms with Crippen LogP contribution in [0, 0.1) is 10.1 Å². The molecule has 0 saturated heterocycles. The molecule has 0 amide bonds. The molecule has 6 nitrogen and oxygen atoms in total. The van der Waals surface area contributed by atoms with Gasteiger partial charge in [0.1, 0.15) is 17.5 Å². The fourth-order valence-corrected chi connectivity index (χ4v) is 0.968. The number of carbonyl (C=O) groups is 1. The van der Waals surface area contributed by atoms with Crippen molar-refractivity contribution in [3.63, 3.8) is 0 Å². The fourth-order valence-electron chi connectivity index (χ4n) is 0.968. The van der Waals surface area contributed by atoms with Gasteiger partial charge >= 0.3 is 0 Å². The zero-order valence-electron chi connectivity index (χ0n) is 7.05. The summed E-state index contributed by atoms with van der Waals surface area (Å²) in [5.74, 6) is -1.16. The van der Waals surface area contributed by atoms with Gasteiger partial charge in [-0.3, -0.25) is 14.9 Å². The van der Waals surface area contributed by atoms with E-state index in [2.05, 4.69) is 4.98 Å². The third-order valence-electron chi connectivity index (χ3n) is 1.63. The molecule has 0 unspecified atom stereocenters. The minimum absolute atomic E-state index is 0.0327. The maximum atomic E-state index is 12.4. The molecule has 1 N–H and O–H groups in total. The quantitative estimate of drug-likeness (QED) is 0.470. The monoisotopic (exact) mass is 218 g/mol. The lowest BCUT2D eigenvalue weighted by Crippen LogP contribution is -2.01. The zero-order chi connectivity index (χ0) is 11.6. The predicted octanol–water partition coefficient (Wildman–Crippen LogP) is 1.45. The molecule has 80 valence electrons. The Hall–Kier alpha value is -2.12. The number of hydrogen-bond acceptors (Lipinski definition) is 5. The van der Waals surface area contributed by atoms with E-state index in [1.807, 2.05) is 0 Å². The van der Waals surface area contributed by atoms with E-state index >= 15 is 0 Å². The first-order valence-corrected chi connectivity index (χ1v) is 3.58. The lowest BCUT2D eigenvalue weighted by molar-refractivity contribution is -0.386. The van der Waals surface area contributed by atoms with Crippen LogP contribution in [0.2, 0.25) is 0 Å². The number of alkyl halides is 2. The van der Waals surface area contributed by atoms with Crippen LogP contribution in [0.3, 0.4) is 0 Å². The average molecular weight is 218 g/mol. The van der Waals surface area contributed by atoms with Gasteiger partial charge in [0.25, 0.3) is 12.1 Å². The fraction of sp³-hybridized carbons (Fsp3) is 0.143. The number of aromatic nitrogens is 1. The maximum Gasteiger partial charge on any atom is 0.300 e. The summed E-state index contributed by atoms with van der Waals surface area (Å²) in [5.41, 5.74) is -2.87. The number of nitro groups is 1. The standard InChI is InChI=1S/C7H4F2N2O4/c8-7(9)5-4(11(14)15)1-10-3(2-12)6(5)13/h1-2,7,13H. The second-order valence-electron chi connectivity index (χ2n) is 2.47. The lowest BCUT2D eigenvalue weighted by atomic mass is 10.2. The van der Waals surface area contributed by atoms with Crippen LogP contribution >= 0.6 is 0 Å². The highest BCUT2D eigenvalue weighted by atomic mass is 19.3. The summed E-state index contributed by atoms with van der Waals surface area (Å²) in [4.78, 5) is 22.6. The molecule has 0 atom stereocenters. The predicted molar refractivity (Wildman–Crippen MR) is 42.9 cm³/mol. The Morgan fingerprint density at radius 2 is 2.20 bits per heavy atom. The van der Waals surface area contributed by atoms with Crippen molar-refractivity contribution in [1.29, 1.82) is 0 Å². The number of aromatic hydroxyl groups is 1. The van der Waals surface area contributed by atoms with Gasteiger partial charge in [-0.15, -0.1) is 0 Å². The summed E-state index contributed by atoms with van der Waals surface area (Å²) in [6.07, 6.45) is -2.72. The molecule has 0 aliphatic carbocycles. The Labute approximate surface area is 81.3 Å². The summed E-state index contributed by atoms with van der Waals surface area (Å²) in [5, 5.41) is 19.4. The Morgan fingerprint density at radius 3 is 2.60 bits per heavy atom. The third-order valence-corrected chi connectivity index (χ3v) is 1.63. The molecule has 0 bridgehead atoms. The molecule has 8 heteroatoms. The Kier molecular flexibility index (Phi) is 2.88. The van der Waals surface area contributed by atoms with E-state index in [1.54, 1.807) is 0 Å². The van der Waals surface area contributed by atoms with Gasteiger partial charge in [-0.05, 0) is 0 Å². The van der Waals surface area contributed by atoms with Crippen molar-refractivity contribution in [2.75, 3.05) is 0 Å². The smallest absolute Gasteiger partial charge is 0.300 e. The summed E-state index contributed by atoms with van der Waals surface area (Å²) < 4.78 is 24.7. The van der Waals surface area contributed by atoms with Crippen molar-refractivity contribution in [3.05, 3.63) is 27.6 Å². The van der Waals surface area contributed by atoms with E-state index in [-0.39, 0.29) is 6.29 Å². The van der Waals surface area contributed by atoms with Crippen molar-refractivity contribution in [3.8, 4) is 5.75 Å². The van der Waals surface area contributed by atoms with Crippen molar-refractivity contribution < 1.29 is 23.6 Å². The van der Waals surface area contributed by atoms with E-state index in [1.165, 1.54) is 0 Å². The largest absolute Gasteiger partial charge is 0.505 e. The molecular weight excluding hydrogens is 214 g/mol. The lowest BCUT2D eigenvalue weighted by Gasteiger charge is -2.04. The van der Waals surface area contributed by atoms with Gasteiger partial charge in [0.2, 0.25) is 0 Å². The van der Waals surface area contributed by atoms with Gasteiger partial charge in [-0.25, -0.2) is 13.8 Å². The van der Waals surface area contributed by atoms with Crippen molar-refractivity contribution >= 4 is 12.0 Å². The van der Waals surface area contributed by atoms with Gasteiger partial charge in [-0.1, -0.05) is 0 Å². The third kappa shape index (κ3) is 1.87. The number of aldehydes is 1. The number of halogens is 2. The van der Waals surface area contributed by atoms with E-state index in [9.17, 15) is 23.7 Å². The van der Waals surface area contributed by atoms with Gasteiger partial charge in [0.15, 0.2) is 12.0 Å². The molecule has 0 aliphatic heterocycles. The number of rotatable bonds is 3. The molecule has 1 heterocycles. The molecule has 0 fully saturated rings. The molecule has 0 saturated carbocycles. The SMILES string of the molecule is O=Cc1ncc([N+](=O)[O-])c(C(F)F)c1O. The maximum absolute atomic E-state index is 12.4. The first-order valence-electron chi connectivity index (χ1n) is 3.58. The Balaban J connectivity index is 3.51. The molecule has 0 spiro atoms. The van der Waals surface area contributed by atoms with Crippen LogP contribution in [-0.4, -0.2) is 21.3 Å². The molecule has 1 aromatic heterocycles. The Morgan fingerprint density at radius 1 is 1.60 bits per heavy atom. The van der Waals surface area contributed by atoms with Gasteiger partial charge < -0.3 is 5.11 Å². The topological polar surface area (TPSA) is 93.3 Å². The average Bonchev–Trinajstić information content (AvgIpc) is 2.16. The highest BCUT2D eigenvalue weighted by Gasteiger charge is 2.28. The summed E-state index contributed by atoms with van der Waals surface area (Å²) in [6.45, 7) is 0. The minimum Gasteiger partial charge on any atom is -0.505 e. The zero-order valence-corrected chi connectivity index (χ0v) is 7.05. The van der Waals surface area contributed by atoms with Crippen LogP contribution in [0.5, 0.6) is 5.75 Å². The van der Waals surface area contributed by atoms with Crippen molar-refractivity contribution in [1.82, 2.24) is 4.98 Å². The van der Waals surface area contributed by atoms with Crippen molar-refractivity contribution in [2.45, 2.75) is 6.43 Å². The second kappa shape index (κ2) is 3.95. The highest BCUT2D eigenvalue weighted by Crippen LogP contribution is 2.36. The van der Waals surface area contributed by atoms with Gasteiger partial charge in [0.05, 0.1) is 4.92 Å². The normalized spacial score (nSPS) is 10.3. The van der Waals surface area contributed by atoms with Gasteiger partial charge in [-0.2, -0.15) is 0 Å². The van der Waals surface area contributed by atoms with Crippen LogP contribution < -0.4 is 0 Å². The summed E-state index contributed by atoms with van der Waals surface area (Å²) >= 11 is 0. The van der Waals surface area contributed by atoms with Crippen LogP contribution in [-0.2, 0) is 0 Å². The molecule has 1 rings (SSSR count). The number of carbonyl (C=O) groups excluding carboxylic acids is 1. The second-order valence-corrected chi connectivity index (χ2v) is 2.47. The Bertz CT molecular complexity index is 422. The molecule has 15 heavy (non-hydrogen) atoms. The van der Waals surface area contributed by atoms with E-state index in [4.69, 9.17) is 5.11 Å². The summed E-state index contributed by atoms with van der Waals surface area (Å²) in [6, 6.07) is 0. The van der Waals surface area contributed by atoms with Crippen LogP contribution in [0.15, 0.2) is 6.20 Å². The van der Waals surface area contributed by atoms with Crippen LogP contribution in [0.4, 0.5) is 14.5 Å². The number of hydrogen-bond donors (Lipinski definition) is 1. The molecule has 0 aromatic carbocycles. The molecular formula is C7H4F2N2O4. The van der Waals surface area contributed by atoms with E-state index in [0.717, 1.165) is 0 Å².